The van der Waals surface area contributed by atoms with Gasteiger partial charge in [-0.05, 0) is 0 Å². The number of carbonyl (C=O) groups is 4. The van der Waals surface area contributed by atoms with Crippen LogP contribution in [0.3, 0.4) is 0 Å². The third kappa shape index (κ3) is 10.4. The molecule has 0 bridgehead atoms. The molecule has 0 fully saturated rings. The van der Waals surface area contributed by atoms with E-state index in [0.717, 1.165) is 0 Å². The Morgan fingerprint density at radius 2 is 1.07 bits per heavy atom. The molecular formula is C14H28As2N4O6S2. The minimum atomic E-state index is -1.70. The fourth-order valence-electron chi connectivity index (χ4n) is 2.08. The summed E-state index contributed by atoms with van der Waals surface area (Å²) in [6.45, 7) is 0. The van der Waals surface area contributed by atoms with Gasteiger partial charge in [-0.15, -0.1) is 0 Å². The van der Waals surface area contributed by atoms with E-state index in [0.29, 0.717) is 0 Å². The number of carbonyl (C=O) groups excluding carboxylic acids is 2. The number of carboxylic acids is 2. The topological polar surface area (TPSA) is 167 Å². The summed E-state index contributed by atoms with van der Waals surface area (Å²) < 4.78 is 3.53. The van der Waals surface area contributed by atoms with E-state index >= 15 is 0 Å². The summed E-state index contributed by atoms with van der Waals surface area (Å²) >= 11 is -3.41. The number of rotatable bonds is 15. The summed E-state index contributed by atoms with van der Waals surface area (Å²) in [6.07, 6.45) is 0.102. The molecule has 0 saturated carbocycles. The molecule has 0 rings (SSSR count). The van der Waals surface area contributed by atoms with Gasteiger partial charge in [-0.25, -0.2) is 0 Å². The van der Waals surface area contributed by atoms with Crippen LogP contribution in [0.5, 0.6) is 0 Å². The molecule has 0 aromatic rings. The molecule has 0 heterocycles. The van der Waals surface area contributed by atoms with Crippen LogP contribution in [0.2, 0.25) is 22.8 Å². The van der Waals surface area contributed by atoms with Gasteiger partial charge in [0.2, 0.25) is 0 Å². The standard InChI is InChI=1S/C14H28As2N4O6S2/c1-15(2)19(9(13(23)24)5-7-11(17)21)27-28-20(16(3)4)10(14(25)26)6-8-12(18)22/h9-10H,5-8H2,1-4H3,(H2,17,21)(H2,18,22)(H,23,24)(H,25,26). The van der Waals surface area contributed by atoms with Crippen molar-refractivity contribution in [2.24, 2.45) is 11.5 Å². The van der Waals surface area contributed by atoms with E-state index in [1.165, 1.54) is 22.0 Å². The third-order valence-electron chi connectivity index (χ3n) is 3.41. The number of hydrogen-bond acceptors (Lipinski definition) is 8. The van der Waals surface area contributed by atoms with Gasteiger partial charge in [0.15, 0.2) is 0 Å². The van der Waals surface area contributed by atoms with Crippen molar-refractivity contribution < 1.29 is 29.4 Å². The Balaban J connectivity index is 5.37. The molecule has 10 nitrogen and oxygen atoms in total. The molecular weight excluding hydrogens is 534 g/mol. The SMILES string of the molecule is C[As](C)N(SSN(C(CCC(N)=O)C(=O)O)[As](C)C)C(CCC(N)=O)C(=O)O. The normalized spacial score (nSPS) is 13.9. The van der Waals surface area contributed by atoms with Gasteiger partial charge in [0, 0.05) is 0 Å². The molecule has 14 heteroatoms. The third-order valence-corrected chi connectivity index (χ3v) is 15.8. The number of amides is 2. The van der Waals surface area contributed by atoms with Crippen molar-refractivity contribution in [1.29, 1.82) is 0 Å². The minimum absolute atomic E-state index is 0.0413. The Morgan fingerprint density at radius 1 is 0.786 bits per heavy atom. The first-order chi connectivity index (χ1) is 12.9. The predicted octanol–water partition coefficient (Wildman–Crippen LogP) is 0.741. The van der Waals surface area contributed by atoms with Gasteiger partial charge >= 0.3 is 183 Å². The van der Waals surface area contributed by atoms with Crippen LogP contribution in [0, 0.1) is 0 Å². The molecule has 2 unspecified atom stereocenters. The van der Waals surface area contributed by atoms with Crippen molar-refractivity contribution in [3.8, 4) is 0 Å². The zero-order valence-electron chi connectivity index (χ0n) is 16.3. The molecule has 2 amide bonds. The van der Waals surface area contributed by atoms with Gasteiger partial charge < -0.3 is 0 Å². The van der Waals surface area contributed by atoms with E-state index in [1.807, 2.05) is 22.8 Å². The van der Waals surface area contributed by atoms with Crippen molar-refractivity contribution in [1.82, 2.24) is 6.44 Å². The van der Waals surface area contributed by atoms with Gasteiger partial charge in [0.05, 0.1) is 0 Å². The summed E-state index contributed by atoms with van der Waals surface area (Å²) in [4.78, 5) is 45.6. The first-order valence-electron chi connectivity index (χ1n) is 8.18. The molecule has 0 saturated heterocycles. The van der Waals surface area contributed by atoms with Crippen LogP contribution < -0.4 is 11.5 Å². The first kappa shape index (κ1) is 27.6. The summed E-state index contributed by atoms with van der Waals surface area (Å²) in [5.74, 6) is -3.22. The molecule has 0 aliphatic carbocycles. The fourth-order valence-corrected chi connectivity index (χ4v) is 14.3. The molecule has 28 heavy (non-hydrogen) atoms. The van der Waals surface area contributed by atoms with Crippen LogP contribution >= 0.6 is 22.0 Å². The number of nitrogens with two attached hydrogens (primary N) is 2. The second kappa shape index (κ2) is 13.8. The van der Waals surface area contributed by atoms with E-state index in [-0.39, 0.29) is 25.7 Å². The molecule has 162 valence electrons. The molecule has 0 spiro atoms. The zero-order chi connectivity index (χ0) is 22.0. The Hall–Kier alpha value is -0.383. The van der Waals surface area contributed by atoms with Gasteiger partial charge in [-0.1, -0.05) is 0 Å². The van der Waals surface area contributed by atoms with Gasteiger partial charge in [0.25, 0.3) is 0 Å². The van der Waals surface area contributed by atoms with Gasteiger partial charge in [0.1, 0.15) is 0 Å². The maximum absolute atomic E-state index is 11.7. The Morgan fingerprint density at radius 3 is 1.25 bits per heavy atom. The molecule has 0 aliphatic rings. The molecule has 0 radical (unpaired) electrons. The summed E-state index contributed by atoms with van der Waals surface area (Å²) in [7, 11) is 2.40. The predicted molar refractivity (Wildman–Crippen MR) is 114 cm³/mol. The van der Waals surface area contributed by atoms with E-state index in [9.17, 15) is 29.4 Å². The number of carboxylic acid groups (broad SMARTS) is 2. The van der Waals surface area contributed by atoms with Crippen LogP contribution in [0.15, 0.2) is 0 Å². The summed E-state index contributed by atoms with van der Waals surface area (Å²) in [5.41, 5.74) is 18.1. The molecule has 2 atom stereocenters. The summed E-state index contributed by atoms with van der Waals surface area (Å²) in [5, 5.41) is 19.2. The second-order valence-electron chi connectivity index (χ2n) is 6.17. The number of aliphatic carboxylic acids is 2. The Labute approximate surface area is 182 Å². The van der Waals surface area contributed by atoms with Crippen molar-refractivity contribution in [3.63, 3.8) is 0 Å². The van der Waals surface area contributed by atoms with Crippen molar-refractivity contribution in [2.75, 3.05) is 0 Å². The van der Waals surface area contributed by atoms with E-state index < -0.39 is 65.6 Å². The maximum atomic E-state index is 11.7. The van der Waals surface area contributed by atoms with Crippen molar-refractivity contribution in [2.45, 2.75) is 60.6 Å². The van der Waals surface area contributed by atoms with Crippen LogP contribution in [-0.4, -0.2) is 82.2 Å². The summed E-state index contributed by atoms with van der Waals surface area (Å²) in [6, 6.07) is -1.77. The fraction of sp³-hybridized carbons (Fsp3) is 0.714. The van der Waals surface area contributed by atoms with Crippen molar-refractivity contribution >= 4 is 75.5 Å². The molecule has 6 N–H and O–H groups in total. The molecule has 0 aliphatic heterocycles. The number of nitrogens with zero attached hydrogens (tertiary/aromatic N) is 2. The number of hydrogen-bond donors (Lipinski definition) is 4. The first-order valence-corrected chi connectivity index (χ1v) is 19.4. The molecule has 0 aromatic heterocycles. The second-order valence-corrected chi connectivity index (χ2v) is 18.2. The van der Waals surface area contributed by atoms with Crippen LogP contribution in [0.4, 0.5) is 0 Å². The Kier molecular flexibility index (Phi) is 13.6. The monoisotopic (exact) mass is 562 g/mol. The van der Waals surface area contributed by atoms with Gasteiger partial charge in [-0.2, -0.15) is 0 Å². The molecule has 0 aromatic carbocycles. The Bertz CT molecular complexity index is 522. The quantitative estimate of drug-likeness (QED) is 0.127. The average molecular weight is 562 g/mol. The van der Waals surface area contributed by atoms with Crippen LogP contribution in [0.1, 0.15) is 25.7 Å². The average Bonchev–Trinajstić information content (AvgIpc) is 2.53. The van der Waals surface area contributed by atoms with Crippen LogP contribution in [-0.2, 0) is 19.2 Å². The van der Waals surface area contributed by atoms with Crippen molar-refractivity contribution in [3.05, 3.63) is 0 Å². The van der Waals surface area contributed by atoms with Gasteiger partial charge in [-0.3, -0.25) is 0 Å². The van der Waals surface area contributed by atoms with E-state index in [4.69, 9.17) is 11.5 Å². The van der Waals surface area contributed by atoms with E-state index in [1.54, 1.807) is 6.44 Å². The van der Waals surface area contributed by atoms with Crippen LogP contribution in [0.25, 0.3) is 0 Å². The number of primary amides is 2. The van der Waals surface area contributed by atoms with E-state index in [2.05, 4.69) is 0 Å². The zero-order valence-corrected chi connectivity index (χ0v) is 21.7.